The molecule has 0 aromatic carbocycles. The lowest BCUT2D eigenvalue weighted by Crippen LogP contribution is -2.25. The Bertz CT molecular complexity index is 778. The summed E-state index contributed by atoms with van der Waals surface area (Å²) in [6.07, 6.45) is 8.76. The molecule has 1 N–H and O–H groups in total. The molecule has 0 saturated carbocycles. The summed E-state index contributed by atoms with van der Waals surface area (Å²) in [5.74, 6) is -0.0973. The summed E-state index contributed by atoms with van der Waals surface area (Å²) in [7, 11) is 0. The molecule has 0 radical (unpaired) electrons. The molecule has 5 nitrogen and oxygen atoms in total. The van der Waals surface area contributed by atoms with Crippen LogP contribution in [0.25, 0.3) is 17.3 Å². The number of hydrogen-bond donors (Lipinski definition) is 1. The lowest BCUT2D eigenvalue weighted by molar-refractivity contribution is -0.116. The van der Waals surface area contributed by atoms with Gasteiger partial charge in [0, 0.05) is 41.7 Å². The van der Waals surface area contributed by atoms with Crippen LogP contribution in [-0.4, -0.2) is 27.2 Å². The van der Waals surface area contributed by atoms with Gasteiger partial charge in [-0.25, -0.2) is 0 Å². The second kappa shape index (κ2) is 7.51. The number of nitrogens with zero attached hydrogens (tertiary/aromatic N) is 3. The molecule has 0 bridgehead atoms. The van der Waals surface area contributed by atoms with Gasteiger partial charge in [0.15, 0.2) is 0 Å². The van der Waals surface area contributed by atoms with E-state index in [1.807, 2.05) is 52.7 Å². The molecule has 0 aliphatic carbocycles. The minimum atomic E-state index is -0.0973. The van der Waals surface area contributed by atoms with Crippen molar-refractivity contribution in [3.8, 4) is 11.3 Å². The van der Waals surface area contributed by atoms with E-state index in [1.165, 1.54) is 0 Å². The highest BCUT2D eigenvalue weighted by Gasteiger charge is 2.02. The van der Waals surface area contributed by atoms with Crippen LogP contribution in [0, 0.1) is 0 Å². The van der Waals surface area contributed by atoms with Crippen LogP contribution in [0.15, 0.2) is 60.4 Å². The zero-order valence-electron chi connectivity index (χ0n) is 12.4. The van der Waals surface area contributed by atoms with E-state index in [0.717, 1.165) is 16.1 Å². The Morgan fingerprint density at radius 1 is 1.26 bits per heavy atom. The quantitative estimate of drug-likeness (QED) is 0.709. The third-order valence-corrected chi connectivity index (χ3v) is 4.04. The Morgan fingerprint density at radius 3 is 2.91 bits per heavy atom. The van der Waals surface area contributed by atoms with Crippen molar-refractivity contribution in [2.45, 2.75) is 6.54 Å². The maximum Gasteiger partial charge on any atom is 0.244 e. The first-order valence-corrected chi connectivity index (χ1v) is 8.12. The SMILES string of the molecule is O=C(C=Cc1cccs1)NCCn1ccc(-c2ccncc2)n1. The third-order valence-electron chi connectivity index (χ3n) is 3.20. The van der Waals surface area contributed by atoms with Crippen LogP contribution in [0.1, 0.15) is 4.88 Å². The van der Waals surface area contributed by atoms with E-state index in [-0.39, 0.29) is 5.91 Å². The maximum absolute atomic E-state index is 11.7. The van der Waals surface area contributed by atoms with Gasteiger partial charge in [-0.15, -0.1) is 11.3 Å². The van der Waals surface area contributed by atoms with Crippen molar-refractivity contribution in [3.63, 3.8) is 0 Å². The fraction of sp³-hybridized carbons (Fsp3) is 0.118. The predicted molar refractivity (Wildman–Crippen MR) is 91.8 cm³/mol. The minimum Gasteiger partial charge on any atom is -0.351 e. The Labute approximate surface area is 138 Å². The standard InChI is InChI=1S/C17H16N4OS/c22-17(4-3-15-2-1-13-23-15)19-10-12-21-11-7-16(20-21)14-5-8-18-9-6-14/h1-9,11,13H,10,12H2,(H,19,22). The van der Waals surface area contributed by atoms with E-state index in [4.69, 9.17) is 0 Å². The van der Waals surface area contributed by atoms with Gasteiger partial charge in [0.2, 0.25) is 5.91 Å². The van der Waals surface area contributed by atoms with E-state index in [0.29, 0.717) is 13.1 Å². The fourth-order valence-electron chi connectivity index (χ4n) is 2.06. The van der Waals surface area contributed by atoms with Gasteiger partial charge in [0.05, 0.1) is 12.2 Å². The van der Waals surface area contributed by atoms with Crippen LogP contribution in [0.4, 0.5) is 0 Å². The van der Waals surface area contributed by atoms with Crippen molar-refractivity contribution in [1.82, 2.24) is 20.1 Å². The Morgan fingerprint density at radius 2 is 2.13 bits per heavy atom. The number of nitrogens with one attached hydrogen (secondary N) is 1. The van der Waals surface area contributed by atoms with Crippen LogP contribution in [-0.2, 0) is 11.3 Å². The van der Waals surface area contributed by atoms with Crippen molar-refractivity contribution in [2.24, 2.45) is 0 Å². The molecule has 116 valence electrons. The molecule has 0 aliphatic rings. The maximum atomic E-state index is 11.7. The zero-order valence-corrected chi connectivity index (χ0v) is 13.2. The Hall–Kier alpha value is -2.73. The van der Waals surface area contributed by atoms with Crippen LogP contribution in [0.5, 0.6) is 0 Å². The van der Waals surface area contributed by atoms with Crippen LogP contribution in [0.3, 0.4) is 0 Å². The monoisotopic (exact) mass is 324 g/mol. The van der Waals surface area contributed by atoms with Crippen LogP contribution >= 0.6 is 11.3 Å². The molecular weight excluding hydrogens is 308 g/mol. The smallest absolute Gasteiger partial charge is 0.244 e. The average Bonchev–Trinajstić information content (AvgIpc) is 3.26. The zero-order chi connectivity index (χ0) is 15.9. The van der Waals surface area contributed by atoms with Crippen molar-refractivity contribution >= 4 is 23.3 Å². The van der Waals surface area contributed by atoms with Gasteiger partial charge < -0.3 is 5.32 Å². The summed E-state index contributed by atoms with van der Waals surface area (Å²) in [5.41, 5.74) is 1.93. The number of thiophene rings is 1. The first kappa shape index (κ1) is 15.2. The van der Waals surface area contributed by atoms with E-state index in [9.17, 15) is 4.79 Å². The van der Waals surface area contributed by atoms with Gasteiger partial charge in [-0.2, -0.15) is 5.10 Å². The molecule has 3 rings (SSSR count). The fourth-order valence-corrected chi connectivity index (χ4v) is 2.68. The van der Waals surface area contributed by atoms with Gasteiger partial charge in [-0.1, -0.05) is 6.07 Å². The molecule has 23 heavy (non-hydrogen) atoms. The largest absolute Gasteiger partial charge is 0.351 e. The van der Waals surface area contributed by atoms with E-state index in [1.54, 1.807) is 29.8 Å². The molecule has 3 heterocycles. The van der Waals surface area contributed by atoms with Gasteiger partial charge in [-0.05, 0) is 35.7 Å². The molecule has 3 aromatic heterocycles. The summed E-state index contributed by atoms with van der Waals surface area (Å²) in [6.45, 7) is 1.16. The highest BCUT2D eigenvalue weighted by atomic mass is 32.1. The summed E-state index contributed by atoms with van der Waals surface area (Å²) in [6, 6.07) is 9.72. The van der Waals surface area contributed by atoms with Gasteiger partial charge in [-0.3, -0.25) is 14.5 Å². The van der Waals surface area contributed by atoms with Crippen molar-refractivity contribution in [1.29, 1.82) is 0 Å². The lowest BCUT2D eigenvalue weighted by atomic mass is 10.2. The Kier molecular flexibility index (Phi) is 4.95. The molecule has 0 aliphatic heterocycles. The second-order valence-electron chi connectivity index (χ2n) is 4.84. The molecular formula is C17H16N4OS. The molecule has 0 atom stereocenters. The number of aromatic nitrogens is 3. The third kappa shape index (κ3) is 4.37. The van der Waals surface area contributed by atoms with E-state index in [2.05, 4.69) is 15.4 Å². The molecule has 3 aromatic rings. The molecule has 0 spiro atoms. The second-order valence-corrected chi connectivity index (χ2v) is 5.82. The van der Waals surface area contributed by atoms with Crippen molar-refractivity contribution < 1.29 is 4.79 Å². The molecule has 0 saturated heterocycles. The van der Waals surface area contributed by atoms with E-state index >= 15 is 0 Å². The normalized spacial score (nSPS) is 11.0. The number of carbonyl (C=O) groups excluding carboxylic acids is 1. The highest BCUT2D eigenvalue weighted by Crippen LogP contribution is 2.14. The molecule has 1 amide bonds. The van der Waals surface area contributed by atoms with Gasteiger partial charge in [0.25, 0.3) is 0 Å². The number of carbonyl (C=O) groups is 1. The molecule has 0 fully saturated rings. The minimum absolute atomic E-state index is 0.0973. The number of hydrogen-bond acceptors (Lipinski definition) is 4. The first-order chi connectivity index (χ1) is 11.3. The molecule has 0 unspecified atom stereocenters. The van der Waals surface area contributed by atoms with Crippen molar-refractivity contribution in [2.75, 3.05) is 6.54 Å². The predicted octanol–water partition coefficient (Wildman–Crippen LogP) is 2.84. The van der Waals surface area contributed by atoms with E-state index < -0.39 is 0 Å². The summed E-state index contributed by atoms with van der Waals surface area (Å²) < 4.78 is 1.82. The van der Waals surface area contributed by atoms with Gasteiger partial charge in [0.1, 0.15) is 0 Å². The summed E-state index contributed by atoms with van der Waals surface area (Å²) in [4.78, 5) is 16.8. The van der Waals surface area contributed by atoms with Crippen molar-refractivity contribution in [3.05, 3.63) is 65.3 Å². The summed E-state index contributed by atoms with van der Waals surface area (Å²) in [5, 5.41) is 9.32. The lowest BCUT2D eigenvalue weighted by Gasteiger charge is -2.02. The van der Waals surface area contributed by atoms with Crippen LogP contribution < -0.4 is 5.32 Å². The number of amides is 1. The number of pyridine rings is 1. The number of rotatable bonds is 6. The topological polar surface area (TPSA) is 59.8 Å². The highest BCUT2D eigenvalue weighted by molar-refractivity contribution is 7.10. The Balaban J connectivity index is 1.48. The average molecular weight is 324 g/mol. The molecule has 6 heteroatoms. The van der Waals surface area contributed by atoms with Gasteiger partial charge >= 0.3 is 0 Å². The summed E-state index contributed by atoms with van der Waals surface area (Å²) >= 11 is 1.60. The first-order valence-electron chi connectivity index (χ1n) is 7.24. The van der Waals surface area contributed by atoms with Crippen LogP contribution in [0.2, 0.25) is 0 Å².